The van der Waals surface area contributed by atoms with Crippen molar-refractivity contribution < 1.29 is 28.5 Å². The van der Waals surface area contributed by atoms with Crippen LogP contribution < -0.4 is 0 Å². The molecule has 0 radical (unpaired) electrons. The quantitative estimate of drug-likeness (QED) is 0.383. The Bertz CT molecular complexity index is 557. The molecule has 7 nitrogen and oxygen atoms in total. The zero-order chi connectivity index (χ0) is 20.6. The van der Waals surface area contributed by atoms with Gasteiger partial charge in [-0.15, -0.1) is 11.6 Å². The minimum Gasteiger partial charge on any atom is -0.460 e. The van der Waals surface area contributed by atoms with E-state index in [1.807, 2.05) is 34.6 Å². The number of likely N-dealkylation sites (tertiary alicyclic amines) is 1. The van der Waals surface area contributed by atoms with Crippen molar-refractivity contribution in [3.05, 3.63) is 0 Å². The molecular weight excluding hydrogens is 374 g/mol. The van der Waals surface area contributed by atoms with Gasteiger partial charge in [-0.1, -0.05) is 13.8 Å². The average molecular weight is 406 g/mol. The predicted molar refractivity (Wildman–Crippen MR) is 100 cm³/mol. The van der Waals surface area contributed by atoms with Crippen molar-refractivity contribution in [2.75, 3.05) is 27.4 Å². The van der Waals surface area contributed by atoms with Gasteiger partial charge in [0.25, 0.3) is 0 Å². The maximum atomic E-state index is 13.4. The predicted octanol–water partition coefficient (Wildman–Crippen LogP) is 2.20. The van der Waals surface area contributed by atoms with E-state index in [9.17, 15) is 9.59 Å². The second-order valence-corrected chi connectivity index (χ2v) is 9.15. The number of hydrogen-bond donors (Lipinski definition) is 0. The van der Waals surface area contributed by atoms with Gasteiger partial charge in [0.1, 0.15) is 24.4 Å². The van der Waals surface area contributed by atoms with Crippen molar-refractivity contribution in [3.8, 4) is 0 Å². The molecule has 2 fully saturated rings. The molecule has 1 amide bonds. The normalized spacial score (nSPS) is 28.3. The first-order valence-electron chi connectivity index (χ1n) is 9.34. The number of amides is 1. The number of fused-ring (bicyclic) bond motifs is 1. The van der Waals surface area contributed by atoms with E-state index < -0.39 is 23.3 Å². The van der Waals surface area contributed by atoms with Gasteiger partial charge in [0.05, 0.1) is 17.7 Å². The molecule has 0 aromatic heterocycles. The Morgan fingerprint density at radius 3 is 2.33 bits per heavy atom. The van der Waals surface area contributed by atoms with Gasteiger partial charge in [0.15, 0.2) is 0 Å². The molecule has 0 N–H and O–H groups in total. The number of esters is 1. The number of carbonyl (C=O) groups is 2. The number of halogens is 1. The van der Waals surface area contributed by atoms with Gasteiger partial charge in [0, 0.05) is 20.8 Å². The summed E-state index contributed by atoms with van der Waals surface area (Å²) in [6.45, 7) is 9.78. The standard InChI is InChI=1S/C19H32ClNO6/c1-11(2)12(8-14(22)27-18(3,4)5)17(23)21-9-13(20)15-16(21)19(24-6,25-7)10-26-15/h11-13,15-16H,8-10H2,1-7H3. The summed E-state index contributed by atoms with van der Waals surface area (Å²) in [5.41, 5.74) is -0.595. The molecule has 8 heteroatoms. The van der Waals surface area contributed by atoms with E-state index >= 15 is 0 Å². The van der Waals surface area contributed by atoms with Crippen LogP contribution >= 0.6 is 11.6 Å². The van der Waals surface area contributed by atoms with Crippen LogP contribution in [0.25, 0.3) is 0 Å². The molecule has 0 aromatic carbocycles. The van der Waals surface area contributed by atoms with E-state index in [4.69, 9.17) is 30.5 Å². The zero-order valence-corrected chi connectivity index (χ0v) is 18.0. The fourth-order valence-corrected chi connectivity index (χ4v) is 4.17. The largest absolute Gasteiger partial charge is 0.460 e. The first-order chi connectivity index (χ1) is 12.5. The SMILES string of the molecule is COC1(OC)COC2C(Cl)CN(C(=O)C(CC(=O)OC(C)(C)C)C(C)C)C21. The van der Waals surface area contributed by atoms with E-state index in [1.54, 1.807) is 4.90 Å². The fourth-order valence-electron chi connectivity index (χ4n) is 3.82. The van der Waals surface area contributed by atoms with Crippen LogP contribution in [0.5, 0.6) is 0 Å². The van der Waals surface area contributed by atoms with Gasteiger partial charge >= 0.3 is 5.97 Å². The highest BCUT2D eigenvalue weighted by Crippen LogP contribution is 2.41. The number of carbonyl (C=O) groups excluding carboxylic acids is 2. The molecule has 0 saturated carbocycles. The molecule has 0 bridgehead atoms. The zero-order valence-electron chi connectivity index (χ0n) is 17.3. The van der Waals surface area contributed by atoms with E-state index in [0.29, 0.717) is 6.54 Å². The molecule has 2 aliphatic rings. The van der Waals surface area contributed by atoms with Crippen molar-refractivity contribution >= 4 is 23.5 Å². The van der Waals surface area contributed by atoms with Crippen LogP contribution in [-0.4, -0.2) is 73.1 Å². The second kappa shape index (κ2) is 8.23. The highest BCUT2D eigenvalue weighted by molar-refractivity contribution is 6.21. The fraction of sp³-hybridized carbons (Fsp3) is 0.895. The molecule has 0 spiro atoms. The van der Waals surface area contributed by atoms with Crippen molar-refractivity contribution in [1.29, 1.82) is 0 Å². The first-order valence-corrected chi connectivity index (χ1v) is 9.77. The molecule has 2 aliphatic heterocycles. The van der Waals surface area contributed by atoms with E-state index in [-0.39, 0.29) is 42.3 Å². The van der Waals surface area contributed by atoms with Gasteiger partial charge in [-0.25, -0.2) is 0 Å². The lowest BCUT2D eigenvalue weighted by Crippen LogP contribution is -2.56. The topological polar surface area (TPSA) is 74.3 Å². The Morgan fingerprint density at radius 1 is 1.26 bits per heavy atom. The third kappa shape index (κ3) is 4.58. The van der Waals surface area contributed by atoms with Crippen LogP contribution in [0.2, 0.25) is 0 Å². The van der Waals surface area contributed by atoms with Crippen LogP contribution in [-0.2, 0) is 28.5 Å². The number of nitrogens with zero attached hydrogens (tertiary/aromatic N) is 1. The Kier molecular flexibility index (Phi) is 6.83. The Labute approximate surface area is 166 Å². The van der Waals surface area contributed by atoms with Crippen LogP contribution in [0.3, 0.4) is 0 Å². The third-order valence-electron chi connectivity index (χ3n) is 5.20. The van der Waals surface area contributed by atoms with Gasteiger partial charge in [-0.2, -0.15) is 0 Å². The summed E-state index contributed by atoms with van der Waals surface area (Å²) in [5.74, 6) is -2.16. The summed E-state index contributed by atoms with van der Waals surface area (Å²) in [6.07, 6.45) is -0.354. The summed E-state index contributed by atoms with van der Waals surface area (Å²) in [7, 11) is 3.06. The molecule has 2 rings (SSSR count). The molecule has 0 aromatic rings. The van der Waals surface area contributed by atoms with Crippen LogP contribution in [0.1, 0.15) is 41.0 Å². The summed E-state index contributed by atoms with van der Waals surface area (Å²) in [4.78, 5) is 27.4. The Balaban J connectivity index is 2.23. The monoisotopic (exact) mass is 405 g/mol. The summed E-state index contributed by atoms with van der Waals surface area (Å²) in [6, 6.07) is -0.456. The van der Waals surface area contributed by atoms with E-state index in [2.05, 4.69) is 0 Å². The minimum absolute atomic E-state index is 0.0163. The van der Waals surface area contributed by atoms with Crippen molar-refractivity contribution in [1.82, 2.24) is 4.90 Å². The number of hydrogen-bond acceptors (Lipinski definition) is 6. The maximum absolute atomic E-state index is 13.4. The number of rotatable bonds is 6. The van der Waals surface area contributed by atoms with Gasteiger partial charge in [0.2, 0.25) is 11.7 Å². The van der Waals surface area contributed by atoms with Gasteiger partial charge in [-0.3, -0.25) is 9.59 Å². The van der Waals surface area contributed by atoms with Gasteiger partial charge < -0.3 is 23.8 Å². The van der Waals surface area contributed by atoms with Crippen molar-refractivity contribution in [2.45, 2.75) is 70.0 Å². The Hall–Kier alpha value is -0.890. The van der Waals surface area contributed by atoms with Crippen LogP contribution in [0.15, 0.2) is 0 Å². The molecular formula is C19H32ClNO6. The molecule has 2 saturated heterocycles. The smallest absolute Gasteiger partial charge is 0.307 e. The third-order valence-corrected chi connectivity index (χ3v) is 5.59. The van der Waals surface area contributed by atoms with Crippen LogP contribution in [0.4, 0.5) is 0 Å². The highest BCUT2D eigenvalue weighted by atomic mass is 35.5. The number of alkyl halides is 1. The average Bonchev–Trinajstić information content (AvgIpc) is 3.09. The van der Waals surface area contributed by atoms with E-state index in [1.165, 1.54) is 14.2 Å². The number of ether oxygens (including phenoxy) is 4. The Morgan fingerprint density at radius 2 is 1.85 bits per heavy atom. The van der Waals surface area contributed by atoms with Crippen molar-refractivity contribution in [2.24, 2.45) is 11.8 Å². The molecule has 0 aliphatic carbocycles. The molecule has 2 heterocycles. The van der Waals surface area contributed by atoms with Crippen LogP contribution in [0, 0.1) is 11.8 Å². The van der Waals surface area contributed by atoms with Crippen molar-refractivity contribution in [3.63, 3.8) is 0 Å². The molecule has 4 unspecified atom stereocenters. The highest BCUT2D eigenvalue weighted by Gasteiger charge is 2.61. The lowest BCUT2D eigenvalue weighted by atomic mass is 9.90. The molecule has 4 atom stereocenters. The molecule has 27 heavy (non-hydrogen) atoms. The lowest BCUT2D eigenvalue weighted by Gasteiger charge is -2.37. The lowest BCUT2D eigenvalue weighted by molar-refractivity contribution is -0.227. The molecule has 156 valence electrons. The van der Waals surface area contributed by atoms with Gasteiger partial charge in [-0.05, 0) is 26.7 Å². The summed E-state index contributed by atoms with van der Waals surface area (Å²) >= 11 is 6.45. The maximum Gasteiger partial charge on any atom is 0.307 e. The minimum atomic E-state index is -1.06. The summed E-state index contributed by atoms with van der Waals surface area (Å²) in [5, 5.41) is -0.361. The van der Waals surface area contributed by atoms with E-state index in [0.717, 1.165) is 0 Å². The summed E-state index contributed by atoms with van der Waals surface area (Å²) < 4.78 is 22.4. The first kappa shape index (κ1) is 22.4. The second-order valence-electron chi connectivity index (χ2n) is 8.59. The number of methoxy groups -OCH3 is 2.